The van der Waals surface area contributed by atoms with Gasteiger partial charge in [0.2, 0.25) is 0 Å². The van der Waals surface area contributed by atoms with Crippen LogP contribution in [0.1, 0.15) is 48.0 Å². The van der Waals surface area contributed by atoms with Crippen molar-refractivity contribution in [3.63, 3.8) is 0 Å². The van der Waals surface area contributed by atoms with Crippen LogP contribution in [0, 0.1) is 0 Å². The quantitative estimate of drug-likeness (QED) is 0.702. The molecule has 4 rings (SSSR count). The fraction of sp³-hybridized carbons (Fsp3) is 0.364. The molecule has 1 fully saturated rings. The zero-order valence-corrected chi connectivity index (χ0v) is 15.5. The van der Waals surface area contributed by atoms with Crippen LogP contribution < -0.4 is 5.32 Å². The van der Waals surface area contributed by atoms with E-state index in [1.165, 1.54) is 11.1 Å². The molecule has 1 aromatic heterocycles. The van der Waals surface area contributed by atoms with Crippen LogP contribution in [0.3, 0.4) is 0 Å². The Labute approximate surface area is 160 Å². The lowest BCUT2D eigenvalue weighted by molar-refractivity contribution is 0.328. The maximum absolute atomic E-state index is 10.3. The fourth-order valence-electron chi connectivity index (χ4n) is 4.05. The fourth-order valence-corrected chi connectivity index (χ4v) is 4.05. The van der Waals surface area contributed by atoms with Crippen LogP contribution in [0.2, 0.25) is 0 Å². The lowest BCUT2D eigenvalue weighted by Gasteiger charge is -2.24. The highest BCUT2D eigenvalue weighted by atomic mass is 16.3. The molecule has 27 heavy (non-hydrogen) atoms. The molecule has 1 aliphatic heterocycles. The molecule has 5 heteroatoms. The van der Waals surface area contributed by atoms with Crippen molar-refractivity contribution in [2.24, 2.45) is 0 Å². The number of aromatic nitrogens is 3. The molecule has 2 heterocycles. The Kier molecular flexibility index (Phi) is 5.49. The number of hydrogen-bond donors (Lipinski definition) is 2. The molecule has 3 aromatic rings. The molecule has 0 atom stereocenters. The van der Waals surface area contributed by atoms with Crippen LogP contribution in [-0.4, -0.2) is 33.2 Å². The average Bonchev–Trinajstić information content (AvgIpc) is 3.11. The van der Waals surface area contributed by atoms with Gasteiger partial charge in [-0.2, -0.15) is 0 Å². The SMILES string of the molecule is Oc1nnn(C2CCNCC2)c1CCC(c1ccccc1)c1ccccc1. The summed E-state index contributed by atoms with van der Waals surface area (Å²) in [6.45, 7) is 1.97. The second-order valence-corrected chi connectivity index (χ2v) is 7.20. The van der Waals surface area contributed by atoms with E-state index >= 15 is 0 Å². The topological polar surface area (TPSA) is 63.0 Å². The molecule has 1 saturated heterocycles. The van der Waals surface area contributed by atoms with E-state index in [1.54, 1.807) is 0 Å². The van der Waals surface area contributed by atoms with Gasteiger partial charge in [0.1, 0.15) is 5.69 Å². The van der Waals surface area contributed by atoms with Gasteiger partial charge in [0, 0.05) is 5.92 Å². The molecular formula is C22H26N4O. The molecule has 0 aliphatic carbocycles. The van der Waals surface area contributed by atoms with Gasteiger partial charge in [0.25, 0.3) is 5.88 Å². The van der Waals surface area contributed by atoms with Crippen LogP contribution in [0.5, 0.6) is 5.88 Å². The van der Waals surface area contributed by atoms with E-state index in [1.807, 2.05) is 16.8 Å². The molecule has 0 saturated carbocycles. The van der Waals surface area contributed by atoms with Gasteiger partial charge in [0.05, 0.1) is 6.04 Å². The zero-order chi connectivity index (χ0) is 18.5. The van der Waals surface area contributed by atoms with Gasteiger partial charge in [-0.1, -0.05) is 71.0 Å². The van der Waals surface area contributed by atoms with Gasteiger partial charge in [-0.05, 0) is 49.9 Å². The first-order chi connectivity index (χ1) is 13.3. The second kappa shape index (κ2) is 8.35. The molecule has 0 bridgehead atoms. The Hall–Kier alpha value is -2.66. The second-order valence-electron chi connectivity index (χ2n) is 7.20. The Morgan fingerprint density at radius 1 is 0.963 bits per heavy atom. The first-order valence-corrected chi connectivity index (χ1v) is 9.76. The molecule has 2 aromatic carbocycles. The predicted octanol–water partition coefficient (Wildman–Crippen LogP) is 3.67. The Morgan fingerprint density at radius 2 is 1.56 bits per heavy atom. The van der Waals surface area contributed by atoms with Gasteiger partial charge >= 0.3 is 0 Å². The summed E-state index contributed by atoms with van der Waals surface area (Å²) in [4.78, 5) is 0. The Morgan fingerprint density at radius 3 is 2.15 bits per heavy atom. The summed E-state index contributed by atoms with van der Waals surface area (Å²) in [7, 11) is 0. The van der Waals surface area contributed by atoms with E-state index in [4.69, 9.17) is 0 Å². The van der Waals surface area contributed by atoms with E-state index in [9.17, 15) is 5.11 Å². The zero-order valence-electron chi connectivity index (χ0n) is 15.5. The summed E-state index contributed by atoms with van der Waals surface area (Å²) in [5.41, 5.74) is 3.45. The van der Waals surface area contributed by atoms with Crippen LogP contribution in [0.15, 0.2) is 60.7 Å². The van der Waals surface area contributed by atoms with E-state index < -0.39 is 0 Å². The van der Waals surface area contributed by atoms with Crippen LogP contribution in [0.4, 0.5) is 0 Å². The first kappa shape index (κ1) is 17.7. The third-order valence-electron chi connectivity index (χ3n) is 5.50. The molecule has 0 unspecified atom stereocenters. The molecule has 0 amide bonds. The highest BCUT2D eigenvalue weighted by Gasteiger charge is 2.23. The third kappa shape index (κ3) is 4.03. The first-order valence-electron chi connectivity index (χ1n) is 9.76. The van der Waals surface area contributed by atoms with Crippen LogP contribution >= 0.6 is 0 Å². The maximum atomic E-state index is 10.3. The van der Waals surface area contributed by atoms with Crippen molar-refractivity contribution < 1.29 is 5.11 Å². The van der Waals surface area contributed by atoms with Gasteiger partial charge in [0.15, 0.2) is 0 Å². The number of nitrogens with zero attached hydrogens (tertiary/aromatic N) is 3. The number of benzene rings is 2. The van der Waals surface area contributed by atoms with Crippen molar-refractivity contribution >= 4 is 0 Å². The van der Waals surface area contributed by atoms with E-state index in [-0.39, 0.29) is 11.8 Å². The lowest BCUT2D eigenvalue weighted by atomic mass is 9.87. The van der Waals surface area contributed by atoms with Crippen LogP contribution in [-0.2, 0) is 6.42 Å². The molecule has 140 valence electrons. The summed E-state index contributed by atoms with van der Waals surface area (Å²) in [6, 6.07) is 21.5. The Bertz CT molecular complexity index is 802. The van der Waals surface area contributed by atoms with Crippen molar-refractivity contribution in [2.75, 3.05) is 13.1 Å². The van der Waals surface area contributed by atoms with Crippen molar-refractivity contribution in [2.45, 2.75) is 37.6 Å². The van der Waals surface area contributed by atoms with Crippen molar-refractivity contribution in [3.05, 3.63) is 77.5 Å². The number of rotatable bonds is 6. The lowest BCUT2D eigenvalue weighted by Crippen LogP contribution is -2.30. The van der Waals surface area contributed by atoms with Gasteiger partial charge in [-0.3, -0.25) is 0 Å². The predicted molar refractivity (Wildman–Crippen MR) is 106 cm³/mol. The minimum absolute atomic E-state index is 0.0772. The number of nitrogens with one attached hydrogen (secondary N) is 1. The normalized spacial score (nSPS) is 15.3. The van der Waals surface area contributed by atoms with Gasteiger partial charge in [-0.25, -0.2) is 4.68 Å². The third-order valence-corrected chi connectivity index (χ3v) is 5.50. The molecule has 2 N–H and O–H groups in total. The summed E-state index contributed by atoms with van der Waals surface area (Å²) >= 11 is 0. The van der Waals surface area contributed by atoms with Crippen molar-refractivity contribution in [1.29, 1.82) is 0 Å². The minimum Gasteiger partial charge on any atom is -0.491 e. The number of aromatic hydroxyl groups is 1. The largest absolute Gasteiger partial charge is 0.491 e. The molecule has 0 spiro atoms. The Balaban J connectivity index is 1.57. The van der Waals surface area contributed by atoms with E-state index in [0.29, 0.717) is 6.04 Å². The van der Waals surface area contributed by atoms with Crippen LogP contribution in [0.25, 0.3) is 0 Å². The van der Waals surface area contributed by atoms with Gasteiger partial charge in [-0.15, -0.1) is 0 Å². The summed E-state index contributed by atoms with van der Waals surface area (Å²) in [6.07, 6.45) is 3.70. The van der Waals surface area contributed by atoms with E-state index in [0.717, 1.165) is 44.5 Å². The smallest absolute Gasteiger partial charge is 0.254 e. The highest BCUT2D eigenvalue weighted by Crippen LogP contribution is 2.31. The maximum Gasteiger partial charge on any atom is 0.254 e. The van der Waals surface area contributed by atoms with Gasteiger partial charge < -0.3 is 10.4 Å². The molecule has 5 nitrogen and oxygen atoms in total. The summed E-state index contributed by atoms with van der Waals surface area (Å²) < 4.78 is 1.96. The average molecular weight is 362 g/mol. The summed E-state index contributed by atoms with van der Waals surface area (Å²) in [5.74, 6) is 0.358. The summed E-state index contributed by atoms with van der Waals surface area (Å²) in [5, 5.41) is 21.9. The van der Waals surface area contributed by atoms with Crippen molar-refractivity contribution in [3.8, 4) is 5.88 Å². The van der Waals surface area contributed by atoms with E-state index in [2.05, 4.69) is 64.2 Å². The standard InChI is InChI=1S/C22H26N4O/c27-22-21(26(25-24-22)19-13-15-23-16-14-19)12-11-20(17-7-3-1-4-8-17)18-9-5-2-6-10-18/h1-10,19-20,23,27H,11-16H2. The van der Waals surface area contributed by atoms with Crippen molar-refractivity contribution in [1.82, 2.24) is 20.3 Å². The highest BCUT2D eigenvalue weighted by molar-refractivity contribution is 5.32. The molecule has 1 aliphatic rings. The minimum atomic E-state index is 0.0772. The molecule has 0 radical (unpaired) electrons. The number of hydrogen-bond acceptors (Lipinski definition) is 4. The number of piperidine rings is 1. The monoisotopic (exact) mass is 362 g/mol. The molecular weight excluding hydrogens is 336 g/mol.